The van der Waals surface area contributed by atoms with Crippen LogP contribution in [0.2, 0.25) is 0 Å². The minimum absolute atomic E-state index is 0.478. The summed E-state index contributed by atoms with van der Waals surface area (Å²) in [5.74, 6) is -0.173. The molecule has 1 aromatic carbocycles. The lowest BCUT2D eigenvalue weighted by Gasteiger charge is -2.28. The van der Waals surface area contributed by atoms with Crippen molar-refractivity contribution in [3.8, 4) is 0 Å². The maximum absolute atomic E-state index is 10.9. The summed E-state index contributed by atoms with van der Waals surface area (Å²) < 4.78 is -0.478. The number of aliphatic carboxylic acids is 1. The van der Waals surface area contributed by atoms with Crippen LogP contribution >= 0.6 is 11.8 Å². The van der Waals surface area contributed by atoms with E-state index in [0.717, 1.165) is 5.75 Å². The molecule has 0 heterocycles. The number of benzene rings is 1. The van der Waals surface area contributed by atoms with Crippen LogP contribution in [0.25, 0.3) is 0 Å². The highest BCUT2D eigenvalue weighted by molar-refractivity contribution is 7.99. The van der Waals surface area contributed by atoms with Gasteiger partial charge in [-0.05, 0) is 31.9 Å². The summed E-state index contributed by atoms with van der Waals surface area (Å²) in [5, 5.41) is 8.93. The molecule has 0 aliphatic carbocycles. The van der Waals surface area contributed by atoms with Crippen molar-refractivity contribution in [2.24, 2.45) is 5.73 Å². The highest BCUT2D eigenvalue weighted by Crippen LogP contribution is 2.31. The van der Waals surface area contributed by atoms with Gasteiger partial charge in [0.1, 0.15) is 6.04 Å². The van der Waals surface area contributed by atoms with E-state index in [2.05, 4.69) is 19.1 Å². The van der Waals surface area contributed by atoms with Gasteiger partial charge in [0, 0.05) is 10.5 Å². The Balaban J connectivity index is 2.67. The van der Waals surface area contributed by atoms with Crippen LogP contribution in [0.4, 0.5) is 0 Å². The number of carboxylic acids is 1. The Morgan fingerprint density at radius 1 is 1.47 bits per heavy atom. The van der Waals surface area contributed by atoms with Gasteiger partial charge in [-0.3, -0.25) is 4.79 Å². The summed E-state index contributed by atoms with van der Waals surface area (Å²) in [7, 11) is 0. The SMILES string of the molecule is Cc1ccccc1CSC(C)(C)[C@@H](N)C(=O)O. The lowest BCUT2D eigenvalue weighted by atomic mass is 10.1. The van der Waals surface area contributed by atoms with Crippen LogP contribution in [0.3, 0.4) is 0 Å². The van der Waals surface area contributed by atoms with Crippen LogP contribution in [0, 0.1) is 6.92 Å². The minimum Gasteiger partial charge on any atom is -0.480 e. The molecule has 94 valence electrons. The molecular formula is C13H19NO2S. The first-order valence-electron chi connectivity index (χ1n) is 5.51. The fourth-order valence-electron chi connectivity index (χ4n) is 1.42. The van der Waals surface area contributed by atoms with E-state index in [1.807, 2.05) is 26.0 Å². The van der Waals surface area contributed by atoms with Gasteiger partial charge in [0.2, 0.25) is 0 Å². The zero-order valence-electron chi connectivity index (χ0n) is 10.4. The van der Waals surface area contributed by atoms with Crippen molar-refractivity contribution in [2.75, 3.05) is 0 Å². The molecule has 0 amide bonds. The fraction of sp³-hybridized carbons (Fsp3) is 0.462. The van der Waals surface area contributed by atoms with Crippen molar-refractivity contribution in [2.45, 2.75) is 37.3 Å². The smallest absolute Gasteiger partial charge is 0.321 e. The molecule has 4 heteroatoms. The molecular weight excluding hydrogens is 234 g/mol. The number of nitrogens with two attached hydrogens (primary N) is 1. The third-order valence-corrected chi connectivity index (χ3v) is 4.33. The highest BCUT2D eigenvalue weighted by atomic mass is 32.2. The van der Waals surface area contributed by atoms with Gasteiger partial charge in [-0.1, -0.05) is 24.3 Å². The van der Waals surface area contributed by atoms with Crippen molar-refractivity contribution < 1.29 is 9.90 Å². The quantitative estimate of drug-likeness (QED) is 0.846. The standard InChI is InChI=1S/C13H19NO2S/c1-9-6-4-5-7-10(9)8-17-13(2,3)11(14)12(15)16/h4-7,11H,8,14H2,1-3H3,(H,15,16)/t11-/m0/s1. The average molecular weight is 253 g/mol. The van der Waals surface area contributed by atoms with Crippen molar-refractivity contribution in [1.29, 1.82) is 0 Å². The molecule has 17 heavy (non-hydrogen) atoms. The average Bonchev–Trinajstić information content (AvgIpc) is 2.27. The molecule has 1 atom stereocenters. The van der Waals surface area contributed by atoms with Crippen molar-refractivity contribution in [3.05, 3.63) is 35.4 Å². The molecule has 1 rings (SSSR count). The molecule has 0 bridgehead atoms. The number of hydrogen-bond donors (Lipinski definition) is 2. The van der Waals surface area contributed by atoms with Gasteiger partial charge in [-0.2, -0.15) is 0 Å². The molecule has 0 spiro atoms. The molecule has 3 N–H and O–H groups in total. The van der Waals surface area contributed by atoms with E-state index >= 15 is 0 Å². The Kier molecular flexibility index (Phi) is 4.60. The fourth-order valence-corrected chi connectivity index (χ4v) is 2.55. The summed E-state index contributed by atoms with van der Waals surface area (Å²) in [6.45, 7) is 5.80. The van der Waals surface area contributed by atoms with Gasteiger partial charge in [-0.25, -0.2) is 0 Å². The first-order chi connectivity index (χ1) is 7.84. The minimum atomic E-state index is -0.952. The lowest BCUT2D eigenvalue weighted by Crippen LogP contribution is -2.46. The third-order valence-electron chi connectivity index (χ3n) is 2.88. The maximum Gasteiger partial charge on any atom is 0.321 e. The molecule has 0 aliphatic rings. The van der Waals surface area contributed by atoms with Crippen LogP contribution in [0.15, 0.2) is 24.3 Å². The highest BCUT2D eigenvalue weighted by Gasteiger charge is 2.32. The molecule has 0 saturated carbocycles. The van der Waals surface area contributed by atoms with Crippen LogP contribution in [0.1, 0.15) is 25.0 Å². The van der Waals surface area contributed by atoms with Crippen LogP contribution in [-0.4, -0.2) is 21.9 Å². The molecule has 0 saturated heterocycles. The van der Waals surface area contributed by atoms with Crippen LogP contribution < -0.4 is 5.73 Å². The molecule has 1 aromatic rings. The number of thioether (sulfide) groups is 1. The van der Waals surface area contributed by atoms with E-state index in [4.69, 9.17) is 10.8 Å². The van der Waals surface area contributed by atoms with Gasteiger partial charge < -0.3 is 10.8 Å². The Morgan fingerprint density at radius 3 is 2.59 bits per heavy atom. The Hall–Kier alpha value is -1.00. The van der Waals surface area contributed by atoms with E-state index in [1.54, 1.807) is 11.8 Å². The van der Waals surface area contributed by atoms with Crippen LogP contribution in [-0.2, 0) is 10.5 Å². The summed E-state index contributed by atoms with van der Waals surface area (Å²) in [4.78, 5) is 10.9. The van der Waals surface area contributed by atoms with E-state index < -0.39 is 16.8 Å². The van der Waals surface area contributed by atoms with Gasteiger partial charge in [-0.15, -0.1) is 11.8 Å². The molecule has 0 fully saturated rings. The van der Waals surface area contributed by atoms with Crippen molar-refractivity contribution >= 4 is 17.7 Å². The lowest BCUT2D eigenvalue weighted by molar-refractivity contribution is -0.139. The van der Waals surface area contributed by atoms with Crippen LogP contribution in [0.5, 0.6) is 0 Å². The number of carboxylic acid groups (broad SMARTS) is 1. The third kappa shape index (κ3) is 3.75. The number of aryl methyl sites for hydroxylation is 1. The Bertz CT molecular complexity index is 404. The van der Waals surface area contributed by atoms with Gasteiger partial charge in [0.15, 0.2) is 0 Å². The zero-order valence-corrected chi connectivity index (χ0v) is 11.3. The first-order valence-corrected chi connectivity index (χ1v) is 6.50. The second kappa shape index (κ2) is 5.56. The second-order valence-corrected chi connectivity index (χ2v) is 6.26. The summed E-state index contributed by atoms with van der Waals surface area (Å²) in [6.07, 6.45) is 0. The predicted octanol–water partition coefficient (Wildman–Crippen LogP) is 2.42. The van der Waals surface area contributed by atoms with E-state index in [9.17, 15) is 4.79 Å². The molecule has 0 aliphatic heterocycles. The Morgan fingerprint density at radius 2 is 2.06 bits per heavy atom. The monoisotopic (exact) mass is 253 g/mol. The molecule has 0 aromatic heterocycles. The number of rotatable bonds is 5. The van der Waals surface area contributed by atoms with E-state index in [-0.39, 0.29) is 0 Å². The van der Waals surface area contributed by atoms with Gasteiger partial charge in [0.05, 0.1) is 0 Å². The summed E-state index contributed by atoms with van der Waals surface area (Å²) in [5.41, 5.74) is 8.12. The predicted molar refractivity (Wildman–Crippen MR) is 72.2 cm³/mol. The number of hydrogen-bond acceptors (Lipinski definition) is 3. The maximum atomic E-state index is 10.9. The largest absolute Gasteiger partial charge is 0.480 e. The number of carbonyl (C=O) groups is 1. The summed E-state index contributed by atoms with van der Waals surface area (Å²) >= 11 is 1.58. The zero-order chi connectivity index (χ0) is 13.1. The second-order valence-electron chi connectivity index (χ2n) is 4.63. The Labute approximate surface area is 106 Å². The van der Waals surface area contributed by atoms with Gasteiger partial charge in [0.25, 0.3) is 0 Å². The van der Waals surface area contributed by atoms with Crippen molar-refractivity contribution in [1.82, 2.24) is 0 Å². The first kappa shape index (κ1) is 14.1. The van der Waals surface area contributed by atoms with Gasteiger partial charge >= 0.3 is 5.97 Å². The van der Waals surface area contributed by atoms with Crippen molar-refractivity contribution in [3.63, 3.8) is 0 Å². The topological polar surface area (TPSA) is 63.3 Å². The molecule has 3 nitrogen and oxygen atoms in total. The summed E-state index contributed by atoms with van der Waals surface area (Å²) in [6, 6.07) is 7.26. The molecule has 0 radical (unpaired) electrons. The van der Waals surface area contributed by atoms with E-state index in [0.29, 0.717) is 0 Å². The molecule has 0 unspecified atom stereocenters. The normalized spacial score (nSPS) is 13.4. The van der Waals surface area contributed by atoms with E-state index in [1.165, 1.54) is 11.1 Å².